The summed E-state index contributed by atoms with van der Waals surface area (Å²) in [6.07, 6.45) is 0.320. The molecule has 1 unspecified atom stereocenters. The SMILES string of the molecule is CCC(=O)N1CCCCC1c1nc(N(C)C)ncc1-c1ccc(C(F)(F)F)cc1. The van der Waals surface area contributed by atoms with Crippen molar-refractivity contribution in [3.05, 3.63) is 41.7 Å². The lowest BCUT2D eigenvalue weighted by Crippen LogP contribution is -2.39. The van der Waals surface area contributed by atoms with Gasteiger partial charge in [-0.3, -0.25) is 4.79 Å². The molecular formula is C21H25F3N4O. The zero-order valence-corrected chi connectivity index (χ0v) is 16.8. The van der Waals surface area contributed by atoms with Crippen LogP contribution in [0, 0.1) is 0 Å². The lowest BCUT2D eigenvalue weighted by atomic mass is 9.93. The Hall–Kier alpha value is -2.64. The Bertz CT molecular complexity index is 865. The topological polar surface area (TPSA) is 49.3 Å². The highest BCUT2D eigenvalue weighted by atomic mass is 19.4. The minimum absolute atomic E-state index is 0.0538. The van der Waals surface area contributed by atoms with E-state index in [1.165, 1.54) is 12.1 Å². The minimum atomic E-state index is -4.39. The molecule has 156 valence electrons. The average molecular weight is 406 g/mol. The molecule has 2 aromatic rings. The molecule has 1 amide bonds. The smallest absolute Gasteiger partial charge is 0.347 e. The van der Waals surface area contributed by atoms with E-state index in [4.69, 9.17) is 4.98 Å². The molecule has 1 aliphatic heterocycles. The fourth-order valence-corrected chi connectivity index (χ4v) is 3.63. The van der Waals surface area contributed by atoms with Crippen LogP contribution >= 0.6 is 0 Å². The Morgan fingerprint density at radius 2 is 1.90 bits per heavy atom. The van der Waals surface area contributed by atoms with Gasteiger partial charge in [-0.1, -0.05) is 19.1 Å². The van der Waals surface area contributed by atoms with Gasteiger partial charge in [0, 0.05) is 38.8 Å². The number of piperidine rings is 1. The lowest BCUT2D eigenvalue weighted by Gasteiger charge is -2.36. The largest absolute Gasteiger partial charge is 0.416 e. The summed E-state index contributed by atoms with van der Waals surface area (Å²) in [5.41, 5.74) is 1.25. The molecule has 1 saturated heterocycles. The van der Waals surface area contributed by atoms with Crippen LogP contribution in [0.5, 0.6) is 0 Å². The Morgan fingerprint density at radius 1 is 1.21 bits per heavy atom. The highest BCUT2D eigenvalue weighted by Crippen LogP contribution is 2.37. The maximum atomic E-state index is 12.9. The Labute approximate surface area is 168 Å². The molecule has 1 aromatic heterocycles. The molecule has 0 radical (unpaired) electrons. The van der Waals surface area contributed by atoms with Crippen molar-refractivity contribution in [1.29, 1.82) is 0 Å². The molecule has 3 rings (SSSR count). The van der Waals surface area contributed by atoms with Gasteiger partial charge in [-0.25, -0.2) is 9.97 Å². The first-order valence-electron chi connectivity index (χ1n) is 9.73. The number of carbonyl (C=O) groups excluding carboxylic acids is 1. The van der Waals surface area contributed by atoms with E-state index in [1.54, 1.807) is 11.1 Å². The van der Waals surface area contributed by atoms with Gasteiger partial charge in [-0.15, -0.1) is 0 Å². The van der Waals surface area contributed by atoms with Crippen LogP contribution in [0.1, 0.15) is 49.9 Å². The fourth-order valence-electron chi connectivity index (χ4n) is 3.63. The fraction of sp³-hybridized carbons (Fsp3) is 0.476. The van der Waals surface area contributed by atoms with Crippen LogP contribution < -0.4 is 4.90 Å². The highest BCUT2D eigenvalue weighted by Gasteiger charge is 2.32. The van der Waals surface area contributed by atoms with Gasteiger partial charge in [-0.05, 0) is 37.0 Å². The van der Waals surface area contributed by atoms with E-state index in [-0.39, 0.29) is 11.9 Å². The number of nitrogens with zero attached hydrogens (tertiary/aromatic N) is 4. The Balaban J connectivity index is 2.09. The molecule has 0 saturated carbocycles. The maximum absolute atomic E-state index is 12.9. The van der Waals surface area contributed by atoms with Crippen LogP contribution in [-0.2, 0) is 11.0 Å². The normalized spacial score (nSPS) is 17.3. The molecule has 8 heteroatoms. The summed E-state index contributed by atoms with van der Waals surface area (Å²) in [5, 5.41) is 0. The molecule has 1 aliphatic rings. The lowest BCUT2D eigenvalue weighted by molar-refractivity contribution is -0.137. The number of likely N-dealkylation sites (tertiary alicyclic amines) is 1. The van der Waals surface area contributed by atoms with Gasteiger partial charge in [-0.2, -0.15) is 13.2 Å². The van der Waals surface area contributed by atoms with Crippen molar-refractivity contribution < 1.29 is 18.0 Å². The summed E-state index contributed by atoms with van der Waals surface area (Å²) >= 11 is 0. The monoisotopic (exact) mass is 406 g/mol. The number of hydrogen-bond donors (Lipinski definition) is 0. The molecule has 0 bridgehead atoms. The number of hydrogen-bond acceptors (Lipinski definition) is 4. The molecule has 1 atom stereocenters. The first-order chi connectivity index (χ1) is 13.7. The third kappa shape index (κ3) is 4.52. The number of amides is 1. The Kier molecular flexibility index (Phi) is 6.10. The molecule has 2 heterocycles. The average Bonchev–Trinajstić information content (AvgIpc) is 2.72. The summed E-state index contributed by atoms with van der Waals surface area (Å²) < 4.78 is 38.8. The predicted octanol–water partition coefficient (Wildman–Crippen LogP) is 4.69. The highest BCUT2D eigenvalue weighted by molar-refractivity contribution is 5.77. The van der Waals surface area contributed by atoms with E-state index >= 15 is 0 Å². The van der Waals surface area contributed by atoms with Crippen molar-refractivity contribution in [3.63, 3.8) is 0 Å². The van der Waals surface area contributed by atoms with E-state index in [1.807, 2.05) is 25.9 Å². The first-order valence-corrected chi connectivity index (χ1v) is 9.73. The summed E-state index contributed by atoms with van der Waals surface area (Å²) in [5.74, 6) is 0.559. The van der Waals surface area contributed by atoms with Crippen molar-refractivity contribution in [1.82, 2.24) is 14.9 Å². The van der Waals surface area contributed by atoms with E-state index < -0.39 is 11.7 Å². The minimum Gasteiger partial charge on any atom is -0.347 e. The van der Waals surface area contributed by atoms with Crippen LogP contribution in [0.2, 0.25) is 0 Å². The van der Waals surface area contributed by atoms with Gasteiger partial charge in [0.1, 0.15) is 0 Å². The molecule has 0 N–H and O–H groups in total. The van der Waals surface area contributed by atoms with Gasteiger partial charge in [0.15, 0.2) is 0 Å². The third-order valence-corrected chi connectivity index (χ3v) is 5.17. The van der Waals surface area contributed by atoms with E-state index in [0.717, 1.165) is 31.4 Å². The predicted molar refractivity (Wildman–Crippen MR) is 105 cm³/mol. The first kappa shape index (κ1) is 21.1. The number of aromatic nitrogens is 2. The number of benzene rings is 1. The van der Waals surface area contributed by atoms with Crippen molar-refractivity contribution in [2.75, 3.05) is 25.5 Å². The van der Waals surface area contributed by atoms with E-state index in [2.05, 4.69) is 4.98 Å². The summed E-state index contributed by atoms with van der Waals surface area (Å²) in [6, 6.07) is 4.80. The van der Waals surface area contributed by atoms with Crippen LogP contribution in [0.3, 0.4) is 0 Å². The van der Waals surface area contributed by atoms with Crippen LogP contribution in [0.25, 0.3) is 11.1 Å². The van der Waals surface area contributed by atoms with E-state index in [0.29, 0.717) is 35.7 Å². The van der Waals surface area contributed by atoms with Crippen LogP contribution in [-0.4, -0.2) is 41.4 Å². The molecular weight excluding hydrogens is 381 g/mol. The second-order valence-corrected chi connectivity index (χ2v) is 7.39. The molecule has 0 aliphatic carbocycles. The van der Waals surface area contributed by atoms with Gasteiger partial charge in [0.25, 0.3) is 0 Å². The van der Waals surface area contributed by atoms with Crippen LogP contribution in [0.15, 0.2) is 30.5 Å². The summed E-state index contributed by atoms with van der Waals surface area (Å²) in [6.45, 7) is 2.49. The molecule has 1 fully saturated rings. The zero-order valence-electron chi connectivity index (χ0n) is 16.8. The van der Waals surface area contributed by atoms with Crippen molar-refractivity contribution in [2.45, 2.75) is 44.8 Å². The van der Waals surface area contributed by atoms with Gasteiger partial charge >= 0.3 is 6.18 Å². The van der Waals surface area contributed by atoms with Crippen molar-refractivity contribution >= 4 is 11.9 Å². The molecule has 1 aromatic carbocycles. The van der Waals surface area contributed by atoms with Gasteiger partial charge in [0.2, 0.25) is 11.9 Å². The summed E-state index contributed by atoms with van der Waals surface area (Å²) in [7, 11) is 3.65. The summed E-state index contributed by atoms with van der Waals surface area (Å²) in [4.78, 5) is 25.2. The zero-order chi connectivity index (χ0) is 21.2. The number of rotatable bonds is 4. The third-order valence-electron chi connectivity index (χ3n) is 5.17. The number of carbonyl (C=O) groups is 1. The van der Waals surface area contributed by atoms with Gasteiger partial charge < -0.3 is 9.80 Å². The van der Waals surface area contributed by atoms with E-state index in [9.17, 15) is 18.0 Å². The quantitative estimate of drug-likeness (QED) is 0.739. The number of anilines is 1. The van der Waals surface area contributed by atoms with Crippen molar-refractivity contribution in [2.24, 2.45) is 0 Å². The number of halogens is 3. The second-order valence-electron chi connectivity index (χ2n) is 7.39. The second kappa shape index (κ2) is 8.39. The standard InChI is InChI=1S/C21H25F3N4O/c1-4-18(29)28-12-6-5-7-17(28)19-16(13-25-20(26-19)27(2)3)14-8-10-15(11-9-14)21(22,23)24/h8-11,13,17H,4-7,12H2,1-3H3. The Morgan fingerprint density at radius 3 is 2.48 bits per heavy atom. The number of alkyl halides is 3. The molecule has 29 heavy (non-hydrogen) atoms. The molecule has 5 nitrogen and oxygen atoms in total. The van der Waals surface area contributed by atoms with Crippen molar-refractivity contribution in [3.8, 4) is 11.1 Å². The molecule has 0 spiro atoms. The van der Waals surface area contributed by atoms with Crippen LogP contribution in [0.4, 0.5) is 19.1 Å². The van der Waals surface area contributed by atoms with Gasteiger partial charge in [0.05, 0.1) is 17.3 Å². The maximum Gasteiger partial charge on any atom is 0.416 e.